The van der Waals surface area contributed by atoms with E-state index >= 15 is 0 Å². The smallest absolute Gasteiger partial charge is 0.325 e. The minimum absolute atomic E-state index is 0.0502. The fourth-order valence-corrected chi connectivity index (χ4v) is 2.27. The molecule has 0 saturated carbocycles. The van der Waals surface area contributed by atoms with E-state index in [0.717, 1.165) is 19.3 Å². The summed E-state index contributed by atoms with van der Waals surface area (Å²) in [5.74, 6) is -1.05. The number of amides is 1. The Hall–Kier alpha value is -1.14. The van der Waals surface area contributed by atoms with Gasteiger partial charge in [0.1, 0.15) is 5.54 Å². The number of carboxylic acid groups (broad SMARTS) is 1. The number of hydrogen-bond donors (Lipinski definition) is 3. The van der Waals surface area contributed by atoms with Gasteiger partial charge in [-0.1, -0.05) is 19.8 Å². The number of aliphatic carboxylic acids is 1. The van der Waals surface area contributed by atoms with Crippen LogP contribution in [0.2, 0.25) is 0 Å². The van der Waals surface area contributed by atoms with E-state index in [4.69, 9.17) is 10.8 Å². The molecule has 0 aromatic carbocycles. The summed E-state index contributed by atoms with van der Waals surface area (Å²) in [6, 6.07) is -0.327. The van der Waals surface area contributed by atoms with Gasteiger partial charge in [0, 0.05) is 19.6 Å². The van der Waals surface area contributed by atoms with Crippen LogP contribution in [0.25, 0.3) is 0 Å². The second-order valence-electron chi connectivity index (χ2n) is 5.36. The zero-order valence-corrected chi connectivity index (χ0v) is 11.8. The molecule has 1 aliphatic heterocycles. The Morgan fingerprint density at radius 3 is 2.68 bits per heavy atom. The summed E-state index contributed by atoms with van der Waals surface area (Å²) in [6.45, 7) is 5.36. The summed E-state index contributed by atoms with van der Waals surface area (Å²) in [4.78, 5) is 24.8. The van der Waals surface area contributed by atoms with Crippen molar-refractivity contribution in [2.45, 2.75) is 51.1 Å². The fourth-order valence-electron chi connectivity index (χ4n) is 2.27. The third-order valence-corrected chi connectivity index (χ3v) is 3.76. The number of carbonyl (C=O) groups is 2. The molecule has 1 amide bonds. The zero-order chi connectivity index (χ0) is 14.5. The van der Waals surface area contributed by atoms with Crippen molar-refractivity contribution in [2.24, 2.45) is 5.73 Å². The van der Waals surface area contributed by atoms with Crippen LogP contribution in [0.5, 0.6) is 0 Å². The van der Waals surface area contributed by atoms with Gasteiger partial charge in [0.2, 0.25) is 5.91 Å². The van der Waals surface area contributed by atoms with Gasteiger partial charge in [-0.3, -0.25) is 14.5 Å². The summed E-state index contributed by atoms with van der Waals surface area (Å²) < 4.78 is 0. The Morgan fingerprint density at radius 2 is 2.16 bits per heavy atom. The van der Waals surface area contributed by atoms with Crippen LogP contribution in [-0.4, -0.2) is 53.1 Å². The molecule has 19 heavy (non-hydrogen) atoms. The first kappa shape index (κ1) is 15.9. The molecule has 6 heteroatoms. The first-order valence-electron chi connectivity index (χ1n) is 6.94. The van der Waals surface area contributed by atoms with Gasteiger partial charge in [0.15, 0.2) is 0 Å². The topological polar surface area (TPSA) is 95.7 Å². The maximum atomic E-state index is 11.9. The van der Waals surface area contributed by atoms with E-state index in [1.54, 1.807) is 6.92 Å². The van der Waals surface area contributed by atoms with Crippen LogP contribution in [0.4, 0.5) is 0 Å². The standard InChI is InChI=1S/C13H25N3O3/c1-3-4-5-7-15-11(17)10(2)16-8-6-13(14,9-16)12(18)19/h10H,3-9,14H2,1-2H3,(H,15,17)(H,18,19). The Bertz CT molecular complexity index is 335. The number of unbranched alkanes of at least 4 members (excludes halogenated alkanes) is 2. The molecule has 4 N–H and O–H groups in total. The van der Waals surface area contributed by atoms with E-state index in [9.17, 15) is 9.59 Å². The molecule has 0 radical (unpaired) electrons. The lowest BCUT2D eigenvalue weighted by Crippen LogP contribution is -2.52. The van der Waals surface area contributed by atoms with Crippen molar-refractivity contribution in [3.8, 4) is 0 Å². The number of carboxylic acids is 1. The number of carbonyl (C=O) groups excluding carboxylic acids is 1. The highest BCUT2D eigenvalue weighted by Crippen LogP contribution is 2.21. The van der Waals surface area contributed by atoms with E-state index in [2.05, 4.69) is 12.2 Å². The Morgan fingerprint density at radius 1 is 1.47 bits per heavy atom. The van der Waals surface area contributed by atoms with Crippen LogP contribution >= 0.6 is 0 Å². The highest BCUT2D eigenvalue weighted by molar-refractivity contribution is 5.82. The Labute approximate surface area is 114 Å². The van der Waals surface area contributed by atoms with E-state index in [0.29, 0.717) is 19.5 Å². The molecule has 6 nitrogen and oxygen atoms in total. The van der Waals surface area contributed by atoms with E-state index in [1.165, 1.54) is 0 Å². The lowest BCUT2D eigenvalue weighted by molar-refractivity contribution is -0.143. The number of nitrogens with zero attached hydrogens (tertiary/aromatic N) is 1. The van der Waals surface area contributed by atoms with Crippen LogP contribution in [0.3, 0.4) is 0 Å². The van der Waals surface area contributed by atoms with Gasteiger partial charge in [-0.25, -0.2) is 0 Å². The molecule has 0 aliphatic carbocycles. The maximum Gasteiger partial charge on any atom is 0.325 e. The summed E-state index contributed by atoms with van der Waals surface area (Å²) >= 11 is 0. The normalized spacial score (nSPS) is 25.2. The second kappa shape index (κ2) is 6.86. The summed E-state index contributed by atoms with van der Waals surface area (Å²) in [5.41, 5.74) is 4.59. The number of nitrogens with one attached hydrogen (secondary N) is 1. The summed E-state index contributed by atoms with van der Waals surface area (Å²) in [5, 5.41) is 11.9. The second-order valence-corrected chi connectivity index (χ2v) is 5.36. The Balaban J connectivity index is 2.40. The molecular formula is C13H25N3O3. The van der Waals surface area contributed by atoms with Gasteiger partial charge in [0.05, 0.1) is 6.04 Å². The van der Waals surface area contributed by atoms with Crippen LogP contribution < -0.4 is 11.1 Å². The summed E-state index contributed by atoms with van der Waals surface area (Å²) in [6.07, 6.45) is 3.58. The molecule has 2 unspecified atom stereocenters. The van der Waals surface area contributed by atoms with Crippen molar-refractivity contribution < 1.29 is 14.7 Å². The van der Waals surface area contributed by atoms with Crippen molar-refractivity contribution in [1.82, 2.24) is 10.2 Å². The molecule has 1 heterocycles. The van der Waals surface area contributed by atoms with Crippen LogP contribution in [0.1, 0.15) is 39.5 Å². The SMILES string of the molecule is CCCCCNC(=O)C(C)N1CCC(N)(C(=O)O)C1. The quantitative estimate of drug-likeness (QED) is 0.574. The number of hydrogen-bond acceptors (Lipinski definition) is 4. The van der Waals surface area contributed by atoms with Crippen molar-refractivity contribution >= 4 is 11.9 Å². The van der Waals surface area contributed by atoms with Crippen molar-refractivity contribution in [3.05, 3.63) is 0 Å². The highest BCUT2D eigenvalue weighted by Gasteiger charge is 2.43. The molecule has 1 fully saturated rings. The lowest BCUT2D eigenvalue weighted by atomic mass is 10.0. The minimum Gasteiger partial charge on any atom is -0.480 e. The molecule has 1 rings (SSSR count). The zero-order valence-electron chi connectivity index (χ0n) is 11.8. The average Bonchev–Trinajstić information content (AvgIpc) is 2.77. The van der Waals surface area contributed by atoms with Gasteiger partial charge in [0.25, 0.3) is 0 Å². The predicted octanol–water partition coefficient (Wildman–Crippen LogP) is 0.169. The maximum absolute atomic E-state index is 11.9. The van der Waals surface area contributed by atoms with Crippen LogP contribution in [0, 0.1) is 0 Å². The van der Waals surface area contributed by atoms with Crippen molar-refractivity contribution in [3.63, 3.8) is 0 Å². The van der Waals surface area contributed by atoms with E-state index in [1.807, 2.05) is 4.90 Å². The number of nitrogens with two attached hydrogens (primary N) is 1. The van der Waals surface area contributed by atoms with Crippen LogP contribution in [0.15, 0.2) is 0 Å². The van der Waals surface area contributed by atoms with Gasteiger partial charge in [-0.05, 0) is 19.8 Å². The molecule has 1 saturated heterocycles. The number of rotatable bonds is 7. The average molecular weight is 271 g/mol. The molecule has 0 bridgehead atoms. The van der Waals surface area contributed by atoms with Gasteiger partial charge in [-0.2, -0.15) is 0 Å². The van der Waals surface area contributed by atoms with Crippen molar-refractivity contribution in [1.29, 1.82) is 0 Å². The minimum atomic E-state index is -1.21. The van der Waals surface area contributed by atoms with Gasteiger partial charge >= 0.3 is 5.97 Å². The Kier molecular flexibility index (Phi) is 5.75. The molecule has 2 atom stereocenters. The molecule has 110 valence electrons. The third-order valence-electron chi connectivity index (χ3n) is 3.76. The largest absolute Gasteiger partial charge is 0.480 e. The monoisotopic (exact) mass is 271 g/mol. The van der Waals surface area contributed by atoms with E-state index in [-0.39, 0.29) is 18.5 Å². The first-order chi connectivity index (χ1) is 8.90. The summed E-state index contributed by atoms with van der Waals surface area (Å²) in [7, 11) is 0. The highest BCUT2D eigenvalue weighted by atomic mass is 16.4. The molecule has 0 aromatic rings. The van der Waals surface area contributed by atoms with Crippen LogP contribution in [-0.2, 0) is 9.59 Å². The molecule has 0 aromatic heterocycles. The first-order valence-corrected chi connectivity index (χ1v) is 6.94. The van der Waals surface area contributed by atoms with Gasteiger partial charge < -0.3 is 16.2 Å². The molecular weight excluding hydrogens is 246 g/mol. The third kappa shape index (κ3) is 4.18. The number of likely N-dealkylation sites (tertiary alicyclic amines) is 1. The molecule has 1 aliphatic rings. The fraction of sp³-hybridized carbons (Fsp3) is 0.846. The van der Waals surface area contributed by atoms with Crippen molar-refractivity contribution in [2.75, 3.05) is 19.6 Å². The molecule has 0 spiro atoms. The van der Waals surface area contributed by atoms with Gasteiger partial charge in [-0.15, -0.1) is 0 Å². The lowest BCUT2D eigenvalue weighted by Gasteiger charge is -2.25. The predicted molar refractivity (Wildman–Crippen MR) is 72.7 cm³/mol. The van der Waals surface area contributed by atoms with E-state index < -0.39 is 11.5 Å².